The SMILES string of the molecule is C=C(/C=C(F)\C(=C(/C)F)c1cccc(-c2c(-c3c(C#N)cccc3C#N)c3cc(F)ccc3n2S(=O)(=O)c2ccc(C(F)F)cc2)c1)C(C)(O)C(=O)O. The maximum Gasteiger partial charge on any atom is 0.340 e. The Kier molecular flexibility index (Phi) is 10.3. The Labute approximate surface area is 300 Å². The molecular weight excluding hydrogens is 718 g/mol. The molecule has 53 heavy (non-hydrogen) atoms. The summed E-state index contributed by atoms with van der Waals surface area (Å²) in [5, 5.41) is 39.8. The lowest BCUT2D eigenvalue weighted by Crippen LogP contribution is -2.36. The molecule has 1 aromatic heterocycles. The first-order chi connectivity index (χ1) is 24.9. The van der Waals surface area contributed by atoms with Gasteiger partial charge in [0.15, 0.2) is 5.60 Å². The maximum absolute atomic E-state index is 15.8. The molecule has 5 rings (SSSR count). The minimum atomic E-state index is -4.82. The molecule has 0 radical (unpaired) electrons. The number of carboxylic acid groups (broad SMARTS) is 1. The van der Waals surface area contributed by atoms with Gasteiger partial charge >= 0.3 is 5.97 Å². The molecule has 0 saturated heterocycles. The molecule has 0 saturated carbocycles. The van der Waals surface area contributed by atoms with Crippen LogP contribution in [0, 0.1) is 28.5 Å². The summed E-state index contributed by atoms with van der Waals surface area (Å²) in [5.74, 6) is -5.06. The first-order valence-electron chi connectivity index (χ1n) is 15.4. The smallest absolute Gasteiger partial charge is 0.340 e. The number of hydrogen-bond acceptors (Lipinski definition) is 6. The van der Waals surface area contributed by atoms with Crippen molar-refractivity contribution >= 4 is 32.5 Å². The molecule has 268 valence electrons. The lowest BCUT2D eigenvalue weighted by molar-refractivity contribution is -0.152. The minimum Gasteiger partial charge on any atom is -0.479 e. The van der Waals surface area contributed by atoms with Crippen molar-refractivity contribution in [3.05, 3.63) is 143 Å². The Hall–Kier alpha value is -6.35. The molecule has 0 bridgehead atoms. The van der Waals surface area contributed by atoms with E-state index in [1.165, 1.54) is 42.5 Å². The molecule has 2 N–H and O–H groups in total. The summed E-state index contributed by atoms with van der Waals surface area (Å²) >= 11 is 0. The Balaban J connectivity index is 1.93. The molecule has 8 nitrogen and oxygen atoms in total. The van der Waals surface area contributed by atoms with Crippen LogP contribution in [0.1, 0.15) is 42.5 Å². The highest BCUT2D eigenvalue weighted by Gasteiger charge is 2.34. The van der Waals surface area contributed by atoms with E-state index in [2.05, 4.69) is 6.58 Å². The fourth-order valence-electron chi connectivity index (χ4n) is 5.72. The number of aliphatic carboxylic acids is 1. The number of carbonyl (C=O) groups is 1. The van der Waals surface area contributed by atoms with E-state index in [0.29, 0.717) is 6.08 Å². The van der Waals surface area contributed by atoms with E-state index < -0.39 is 67.1 Å². The Morgan fingerprint density at radius 3 is 2.09 bits per heavy atom. The summed E-state index contributed by atoms with van der Waals surface area (Å²) in [4.78, 5) is 11.0. The number of aliphatic hydroxyl groups is 1. The maximum atomic E-state index is 15.8. The van der Waals surface area contributed by atoms with Crippen LogP contribution in [0.5, 0.6) is 0 Å². The zero-order valence-corrected chi connectivity index (χ0v) is 28.5. The topological polar surface area (TPSA) is 144 Å². The number of hydrogen-bond donors (Lipinski definition) is 2. The highest BCUT2D eigenvalue weighted by atomic mass is 32.2. The van der Waals surface area contributed by atoms with Gasteiger partial charge in [0, 0.05) is 33.2 Å². The number of aromatic nitrogens is 1. The van der Waals surface area contributed by atoms with Crippen molar-refractivity contribution in [1.29, 1.82) is 10.5 Å². The molecule has 0 aliphatic heterocycles. The number of nitriles is 2. The van der Waals surface area contributed by atoms with Gasteiger partial charge in [0.05, 0.1) is 39.4 Å². The summed E-state index contributed by atoms with van der Waals surface area (Å²) in [5.41, 5.74) is -5.65. The third-order valence-electron chi connectivity index (χ3n) is 8.46. The van der Waals surface area contributed by atoms with E-state index in [9.17, 15) is 42.7 Å². The summed E-state index contributed by atoms with van der Waals surface area (Å²) in [6.07, 6.45) is -2.39. The molecule has 4 aromatic carbocycles. The Morgan fingerprint density at radius 1 is 0.943 bits per heavy atom. The molecular formula is C39H26F5N3O5S. The average Bonchev–Trinajstić information content (AvgIpc) is 3.45. The third-order valence-corrected chi connectivity index (χ3v) is 10.2. The second kappa shape index (κ2) is 14.3. The Bertz CT molecular complexity index is 2560. The van der Waals surface area contributed by atoms with Crippen LogP contribution >= 0.6 is 0 Å². The molecule has 1 atom stereocenters. The van der Waals surface area contributed by atoms with E-state index in [1.807, 2.05) is 12.1 Å². The molecule has 5 aromatic rings. The summed E-state index contributed by atoms with van der Waals surface area (Å²) in [7, 11) is -4.82. The van der Waals surface area contributed by atoms with E-state index in [4.69, 9.17) is 0 Å². The predicted molar refractivity (Wildman–Crippen MR) is 186 cm³/mol. The monoisotopic (exact) mass is 743 g/mol. The van der Waals surface area contributed by atoms with Crippen molar-refractivity contribution < 1.29 is 45.4 Å². The van der Waals surface area contributed by atoms with Gasteiger partial charge in [0.2, 0.25) is 0 Å². The van der Waals surface area contributed by atoms with E-state index >= 15 is 13.2 Å². The fraction of sp³-hybridized carbons (Fsp3) is 0.103. The van der Waals surface area contributed by atoms with Gasteiger partial charge in [-0.15, -0.1) is 0 Å². The highest BCUT2D eigenvalue weighted by molar-refractivity contribution is 7.90. The summed E-state index contributed by atoms with van der Waals surface area (Å²) in [6, 6.07) is 19.9. The predicted octanol–water partition coefficient (Wildman–Crippen LogP) is 8.98. The van der Waals surface area contributed by atoms with Gasteiger partial charge in [-0.1, -0.05) is 43.0 Å². The van der Waals surface area contributed by atoms with Crippen LogP contribution in [-0.2, 0) is 14.8 Å². The van der Waals surface area contributed by atoms with Crippen molar-refractivity contribution in [2.75, 3.05) is 0 Å². The largest absolute Gasteiger partial charge is 0.479 e. The second-order valence-corrected chi connectivity index (χ2v) is 13.6. The van der Waals surface area contributed by atoms with Crippen LogP contribution in [0.15, 0.2) is 120 Å². The number of rotatable bonds is 10. The molecule has 0 aliphatic rings. The van der Waals surface area contributed by atoms with Gasteiger partial charge in [0.1, 0.15) is 17.5 Å². The third kappa shape index (κ3) is 6.85. The van der Waals surface area contributed by atoms with Crippen LogP contribution in [0.3, 0.4) is 0 Å². The van der Waals surface area contributed by atoms with E-state index in [1.54, 1.807) is 0 Å². The molecule has 0 spiro atoms. The standard InChI is InChI=1S/C39H26F5N3O5S/c1-21(39(3,50)38(48)49)16-31(42)33(22(2)40)24-6-4-7-25(17-24)36-35(34-26(19-45)8-5-9-27(34)20-46)30-18-28(41)12-15-32(30)47(36)53(51,52)29-13-10-23(11-14-29)37(43)44/h4-18,37,50H,1H2,2-3H3,(H,48,49)/b31-16+,33-22+. The van der Waals surface area contributed by atoms with Gasteiger partial charge in [-0.3, -0.25) is 0 Å². The van der Waals surface area contributed by atoms with Crippen LogP contribution < -0.4 is 0 Å². The Morgan fingerprint density at radius 2 is 1.55 bits per heavy atom. The van der Waals surface area contributed by atoms with Gasteiger partial charge in [-0.05, 0) is 79.6 Å². The average molecular weight is 744 g/mol. The summed E-state index contributed by atoms with van der Waals surface area (Å²) < 4.78 is 103. The lowest BCUT2D eigenvalue weighted by atomic mass is 9.90. The van der Waals surface area contributed by atoms with Gasteiger partial charge in [-0.2, -0.15) is 10.5 Å². The van der Waals surface area contributed by atoms with Crippen molar-refractivity contribution in [2.45, 2.75) is 30.8 Å². The quantitative estimate of drug-likeness (QED) is 0.107. The first kappa shape index (κ1) is 37.9. The van der Waals surface area contributed by atoms with Crippen LogP contribution in [0.4, 0.5) is 22.0 Å². The second-order valence-electron chi connectivity index (χ2n) is 11.9. The van der Waals surface area contributed by atoms with E-state index in [0.717, 1.165) is 60.3 Å². The lowest BCUT2D eigenvalue weighted by Gasteiger charge is -2.19. The zero-order chi connectivity index (χ0) is 39.0. The first-order valence-corrected chi connectivity index (χ1v) is 16.8. The van der Waals surface area contributed by atoms with Gasteiger partial charge in [0.25, 0.3) is 16.4 Å². The molecule has 14 heteroatoms. The van der Waals surface area contributed by atoms with Gasteiger partial charge in [-0.25, -0.2) is 39.1 Å². The molecule has 1 heterocycles. The number of nitrogens with zero attached hydrogens (tertiary/aromatic N) is 3. The number of carboxylic acids is 1. The number of alkyl halides is 2. The minimum absolute atomic E-state index is 0.0820. The van der Waals surface area contributed by atoms with Crippen molar-refractivity contribution in [3.8, 4) is 34.5 Å². The highest BCUT2D eigenvalue weighted by Crippen LogP contribution is 2.46. The van der Waals surface area contributed by atoms with Crippen molar-refractivity contribution in [2.24, 2.45) is 0 Å². The number of halogens is 5. The molecule has 0 fully saturated rings. The number of fused-ring (bicyclic) bond motifs is 1. The van der Waals surface area contributed by atoms with Crippen LogP contribution in [0.2, 0.25) is 0 Å². The van der Waals surface area contributed by atoms with Crippen molar-refractivity contribution in [3.63, 3.8) is 0 Å². The molecule has 0 amide bonds. The van der Waals surface area contributed by atoms with Crippen molar-refractivity contribution in [1.82, 2.24) is 3.97 Å². The van der Waals surface area contributed by atoms with Crippen LogP contribution in [-0.4, -0.2) is 34.2 Å². The van der Waals surface area contributed by atoms with Crippen LogP contribution in [0.25, 0.3) is 38.9 Å². The van der Waals surface area contributed by atoms with E-state index in [-0.39, 0.29) is 50.0 Å². The molecule has 1 unspecified atom stereocenters. The van der Waals surface area contributed by atoms with Gasteiger partial charge < -0.3 is 10.2 Å². The normalized spacial score (nSPS) is 13.6. The summed E-state index contributed by atoms with van der Waals surface area (Å²) in [6.45, 7) is 5.13. The molecule has 0 aliphatic carbocycles. The number of benzene rings is 4. The zero-order valence-electron chi connectivity index (χ0n) is 27.7. The fourth-order valence-corrected chi connectivity index (χ4v) is 7.27. The number of allylic oxidation sites excluding steroid dienone is 3.